The molecule has 2 aromatic carbocycles. The van der Waals surface area contributed by atoms with E-state index >= 15 is 8.78 Å². The fourth-order valence-electron chi connectivity index (χ4n) is 4.05. The van der Waals surface area contributed by atoms with Crippen LogP contribution in [-0.2, 0) is 19.2 Å². The van der Waals surface area contributed by atoms with E-state index < -0.39 is 48.6 Å². The average molecular weight is 554 g/mol. The summed E-state index contributed by atoms with van der Waals surface area (Å²) in [6.45, 7) is -0.405. The van der Waals surface area contributed by atoms with Crippen LogP contribution in [0.15, 0.2) is 36.4 Å². The van der Waals surface area contributed by atoms with E-state index in [-0.39, 0.29) is 61.9 Å². The second-order valence-electron chi connectivity index (χ2n) is 8.39. The van der Waals surface area contributed by atoms with Gasteiger partial charge in [0.15, 0.2) is 11.6 Å². The summed E-state index contributed by atoms with van der Waals surface area (Å²) in [4.78, 5) is 54.2. The van der Waals surface area contributed by atoms with Gasteiger partial charge in [-0.2, -0.15) is 8.78 Å². The number of ether oxygens (including phenoxy) is 2. The molecule has 0 aromatic heterocycles. The van der Waals surface area contributed by atoms with Crippen molar-refractivity contribution in [2.24, 2.45) is 0 Å². The summed E-state index contributed by atoms with van der Waals surface area (Å²) in [5, 5.41) is 2.98. The van der Waals surface area contributed by atoms with Crippen molar-refractivity contribution in [1.82, 2.24) is 10.4 Å². The van der Waals surface area contributed by atoms with Gasteiger partial charge in [-0.25, -0.2) is 18.6 Å². The zero-order valence-electron chi connectivity index (χ0n) is 20.2. The molecule has 0 saturated carbocycles. The average Bonchev–Trinajstić information content (AvgIpc) is 3.11. The molecule has 2 saturated heterocycles. The van der Waals surface area contributed by atoms with Crippen LogP contribution < -0.4 is 19.9 Å². The second-order valence-corrected chi connectivity index (χ2v) is 8.39. The largest absolute Gasteiger partial charge is 0.442 e. The molecule has 2 aromatic rings. The lowest BCUT2D eigenvalue weighted by molar-refractivity contribution is -0.132. The lowest BCUT2D eigenvalue weighted by Gasteiger charge is -2.24. The SMILES string of the molecule is O=COc1ccc(C(=O)N2CCN(c3c(F)cc(N4C[C@H](CNC(=O)C(F)F)OC4=O)cc3F)CCO2)cc1. The van der Waals surface area contributed by atoms with Gasteiger partial charge in [0.2, 0.25) is 0 Å². The van der Waals surface area contributed by atoms with Crippen LogP contribution in [0.2, 0.25) is 0 Å². The Bertz CT molecular complexity index is 1220. The lowest BCUT2D eigenvalue weighted by atomic mass is 10.2. The quantitative estimate of drug-likeness (QED) is 0.390. The molecule has 1 N–H and O–H groups in total. The van der Waals surface area contributed by atoms with Crippen LogP contribution in [0.5, 0.6) is 5.75 Å². The van der Waals surface area contributed by atoms with Crippen LogP contribution in [0.4, 0.5) is 33.7 Å². The topological polar surface area (TPSA) is 118 Å². The first-order chi connectivity index (χ1) is 18.7. The van der Waals surface area contributed by atoms with E-state index in [0.29, 0.717) is 0 Å². The van der Waals surface area contributed by atoms with Gasteiger partial charge in [0.1, 0.15) is 17.5 Å². The van der Waals surface area contributed by atoms with Crippen LogP contribution in [-0.4, -0.2) is 81.3 Å². The van der Waals surface area contributed by atoms with Crippen molar-refractivity contribution >= 4 is 35.8 Å². The Morgan fingerprint density at radius 2 is 1.79 bits per heavy atom. The van der Waals surface area contributed by atoms with Crippen LogP contribution in [0, 0.1) is 11.6 Å². The number of nitrogens with one attached hydrogen (secondary N) is 1. The molecule has 2 aliphatic heterocycles. The van der Waals surface area contributed by atoms with E-state index in [1.54, 1.807) is 0 Å². The number of hydroxylamine groups is 2. The molecular weight excluding hydrogens is 532 g/mol. The highest BCUT2D eigenvalue weighted by Gasteiger charge is 2.34. The Kier molecular flexibility index (Phi) is 8.49. The summed E-state index contributed by atoms with van der Waals surface area (Å²) in [7, 11) is 0. The second kappa shape index (κ2) is 12.0. The molecule has 2 fully saturated rings. The molecule has 2 aliphatic rings. The smallest absolute Gasteiger partial charge is 0.414 e. The number of rotatable bonds is 8. The van der Waals surface area contributed by atoms with Gasteiger partial charge in [0.25, 0.3) is 18.3 Å². The molecule has 4 rings (SSSR count). The van der Waals surface area contributed by atoms with E-state index in [1.165, 1.54) is 29.2 Å². The lowest BCUT2D eigenvalue weighted by Crippen LogP contribution is -2.37. The predicted octanol–water partition coefficient (Wildman–Crippen LogP) is 2.10. The number of hydrogen-bond donors (Lipinski definition) is 1. The van der Waals surface area contributed by atoms with Crippen molar-refractivity contribution < 1.29 is 51.1 Å². The minimum atomic E-state index is -3.24. The Labute approximate surface area is 218 Å². The van der Waals surface area contributed by atoms with E-state index in [4.69, 9.17) is 9.57 Å². The molecule has 208 valence electrons. The normalized spacial score (nSPS) is 17.6. The number of nitrogens with zero attached hydrogens (tertiary/aromatic N) is 3. The Morgan fingerprint density at radius 3 is 2.44 bits per heavy atom. The number of halogens is 4. The first kappa shape index (κ1) is 27.6. The number of carbonyl (C=O) groups excluding carboxylic acids is 4. The summed E-state index contributed by atoms with van der Waals surface area (Å²) >= 11 is 0. The Hall–Kier alpha value is -4.40. The number of benzene rings is 2. The van der Waals surface area contributed by atoms with Gasteiger partial charge in [-0.3, -0.25) is 24.1 Å². The number of amides is 3. The van der Waals surface area contributed by atoms with E-state index in [1.807, 2.05) is 5.32 Å². The number of alkyl halides is 2. The molecule has 0 radical (unpaired) electrons. The zero-order chi connectivity index (χ0) is 28.1. The number of cyclic esters (lactones) is 1. The van der Waals surface area contributed by atoms with Crippen LogP contribution in [0.1, 0.15) is 10.4 Å². The van der Waals surface area contributed by atoms with Crippen molar-refractivity contribution in [2.75, 3.05) is 49.1 Å². The molecule has 0 aliphatic carbocycles. The summed E-state index contributed by atoms with van der Waals surface area (Å²) in [5.41, 5.74) is -0.306. The summed E-state index contributed by atoms with van der Waals surface area (Å²) in [6, 6.07) is 7.58. The third-order valence-corrected chi connectivity index (χ3v) is 5.90. The minimum Gasteiger partial charge on any atom is -0.442 e. The van der Waals surface area contributed by atoms with Crippen molar-refractivity contribution in [2.45, 2.75) is 12.5 Å². The molecule has 11 nitrogen and oxygen atoms in total. The van der Waals surface area contributed by atoms with Crippen molar-refractivity contribution in [1.29, 1.82) is 0 Å². The van der Waals surface area contributed by atoms with Crippen LogP contribution in [0.25, 0.3) is 0 Å². The van der Waals surface area contributed by atoms with Gasteiger partial charge in [-0.15, -0.1) is 0 Å². The Morgan fingerprint density at radius 1 is 1.10 bits per heavy atom. The fourth-order valence-corrected chi connectivity index (χ4v) is 4.05. The highest BCUT2D eigenvalue weighted by Crippen LogP contribution is 2.31. The zero-order valence-corrected chi connectivity index (χ0v) is 20.2. The highest BCUT2D eigenvalue weighted by molar-refractivity contribution is 5.93. The molecule has 0 unspecified atom stereocenters. The Balaban J connectivity index is 1.41. The molecule has 3 amide bonds. The third kappa shape index (κ3) is 6.37. The maximum absolute atomic E-state index is 15.1. The molecule has 39 heavy (non-hydrogen) atoms. The van der Waals surface area contributed by atoms with E-state index in [9.17, 15) is 28.0 Å². The van der Waals surface area contributed by atoms with Gasteiger partial charge in [0.05, 0.1) is 31.9 Å². The minimum absolute atomic E-state index is 0.0168. The number of anilines is 2. The standard InChI is InChI=1S/C24H22F4N4O7/c25-18-9-15(31-12-17(39-24(31)36)11-29-22(34)21(27)28)10-19(26)20(18)30-5-6-32(38-8-7-30)23(35)14-1-3-16(4-2-14)37-13-33/h1-4,9-10,13,17,21H,5-8,11-12H2,(H,29,34)/t17-/m0/s1. The van der Waals surface area contributed by atoms with Crippen molar-refractivity contribution in [3.05, 3.63) is 53.6 Å². The number of hydrogen-bond acceptors (Lipinski definition) is 8. The molecular formula is C24H22F4N4O7. The van der Waals surface area contributed by atoms with Gasteiger partial charge in [0, 0.05) is 30.8 Å². The summed E-state index contributed by atoms with van der Waals surface area (Å²) < 4.78 is 64.6. The van der Waals surface area contributed by atoms with Crippen molar-refractivity contribution in [3.8, 4) is 5.75 Å². The van der Waals surface area contributed by atoms with Gasteiger partial charge in [-0.1, -0.05) is 0 Å². The fraction of sp³-hybridized carbons (Fsp3) is 0.333. The highest BCUT2D eigenvalue weighted by atomic mass is 19.3. The van der Waals surface area contributed by atoms with E-state index in [2.05, 4.69) is 4.74 Å². The molecule has 15 heteroatoms. The first-order valence-corrected chi connectivity index (χ1v) is 11.6. The van der Waals surface area contributed by atoms with Gasteiger partial charge < -0.3 is 19.7 Å². The monoisotopic (exact) mass is 554 g/mol. The summed E-state index contributed by atoms with van der Waals surface area (Å²) in [5.74, 6) is -3.77. The third-order valence-electron chi connectivity index (χ3n) is 5.90. The van der Waals surface area contributed by atoms with Gasteiger partial charge in [-0.05, 0) is 24.3 Å². The maximum atomic E-state index is 15.1. The molecule has 2 heterocycles. The number of carbonyl (C=O) groups is 4. The van der Waals surface area contributed by atoms with Crippen LogP contribution in [0.3, 0.4) is 0 Å². The van der Waals surface area contributed by atoms with Crippen molar-refractivity contribution in [3.63, 3.8) is 0 Å². The van der Waals surface area contributed by atoms with Crippen LogP contribution >= 0.6 is 0 Å². The summed E-state index contributed by atoms with van der Waals surface area (Å²) in [6.07, 6.45) is -5.19. The van der Waals surface area contributed by atoms with E-state index in [0.717, 1.165) is 22.1 Å². The maximum Gasteiger partial charge on any atom is 0.414 e. The molecule has 0 spiro atoms. The molecule has 1 atom stereocenters. The predicted molar refractivity (Wildman–Crippen MR) is 125 cm³/mol. The van der Waals surface area contributed by atoms with Gasteiger partial charge >= 0.3 is 12.5 Å². The first-order valence-electron chi connectivity index (χ1n) is 11.6. The molecule has 0 bridgehead atoms.